The molecule has 0 aliphatic carbocycles. The smallest absolute Gasteiger partial charge is 0.246 e. The van der Waals surface area contributed by atoms with E-state index in [1.807, 2.05) is 55.5 Å². The standard InChI is InChI=1S/C27H34N4O3/c1-2-21(28)25(32)29-22-15-13-20-14-16-24(31(20)27(22)34)26(33)30-23(19-11-7-4-8-12-19)17-18-9-5-3-6-10-18/h3-12,20-24H,2,13-17,28H2,1H3,(H,29,32)(H,30,33)/t20-,21-,22-,23-,24-/m0/s1. The van der Waals surface area contributed by atoms with Crippen molar-refractivity contribution in [1.82, 2.24) is 15.5 Å². The molecule has 4 rings (SSSR count). The maximum absolute atomic E-state index is 13.5. The second-order valence-corrected chi connectivity index (χ2v) is 9.31. The average Bonchev–Trinajstić information content (AvgIpc) is 3.31. The molecule has 5 atom stereocenters. The fraction of sp³-hybridized carbons (Fsp3) is 0.444. The highest BCUT2D eigenvalue weighted by Crippen LogP contribution is 2.33. The molecule has 0 saturated carbocycles. The first kappa shape index (κ1) is 24.0. The Bertz CT molecular complexity index is 997. The zero-order valence-electron chi connectivity index (χ0n) is 19.7. The largest absolute Gasteiger partial charge is 0.347 e. The van der Waals surface area contributed by atoms with Gasteiger partial charge in [0.2, 0.25) is 17.7 Å². The van der Waals surface area contributed by atoms with Crippen molar-refractivity contribution in [3.05, 3.63) is 71.8 Å². The molecule has 3 amide bonds. The van der Waals surface area contributed by atoms with E-state index in [1.54, 1.807) is 4.90 Å². The lowest BCUT2D eigenvalue weighted by Crippen LogP contribution is -2.60. The molecule has 0 aromatic heterocycles. The van der Waals surface area contributed by atoms with E-state index in [9.17, 15) is 14.4 Å². The number of nitrogens with one attached hydrogen (secondary N) is 2. The minimum atomic E-state index is -0.632. The van der Waals surface area contributed by atoms with Gasteiger partial charge in [-0.3, -0.25) is 14.4 Å². The molecule has 0 bridgehead atoms. The number of carbonyl (C=O) groups excluding carboxylic acids is 3. The zero-order valence-corrected chi connectivity index (χ0v) is 19.7. The van der Waals surface area contributed by atoms with Crippen LogP contribution in [-0.2, 0) is 20.8 Å². The first-order valence-electron chi connectivity index (χ1n) is 12.2. The van der Waals surface area contributed by atoms with E-state index >= 15 is 0 Å². The van der Waals surface area contributed by atoms with Crippen LogP contribution in [0.4, 0.5) is 0 Å². The van der Waals surface area contributed by atoms with Gasteiger partial charge in [0.25, 0.3) is 0 Å². The number of rotatable bonds is 8. The normalized spacial score (nSPS) is 23.6. The van der Waals surface area contributed by atoms with Crippen molar-refractivity contribution in [3.8, 4) is 0 Å². The highest BCUT2D eigenvalue weighted by Gasteiger charge is 2.46. The van der Waals surface area contributed by atoms with Crippen molar-refractivity contribution in [2.45, 2.75) is 75.7 Å². The third-order valence-electron chi connectivity index (χ3n) is 7.04. The lowest BCUT2D eigenvalue weighted by atomic mass is 9.97. The molecule has 34 heavy (non-hydrogen) atoms. The molecule has 4 N–H and O–H groups in total. The van der Waals surface area contributed by atoms with Gasteiger partial charge in [0.1, 0.15) is 12.1 Å². The van der Waals surface area contributed by atoms with E-state index in [4.69, 9.17) is 5.73 Å². The maximum Gasteiger partial charge on any atom is 0.246 e. The highest BCUT2D eigenvalue weighted by atomic mass is 16.2. The van der Waals surface area contributed by atoms with Crippen molar-refractivity contribution in [2.24, 2.45) is 5.73 Å². The van der Waals surface area contributed by atoms with Gasteiger partial charge in [0.05, 0.1) is 12.1 Å². The molecule has 180 valence electrons. The number of hydrogen-bond acceptors (Lipinski definition) is 4. The molecule has 0 unspecified atom stereocenters. The molecular weight excluding hydrogens is 428 g/mol. The van der Waals surface area contributed by atoms with Crippen LogP contribution in [0.15, 0.2) is 60.7 Å². The quantitative estimate of drug-likeness (QED) is 0.561. The van der Waals surface area contributed by atoms with Crippen LogP contribution in [0.3, 0.4) is 0 Å². The van der Waals surface area contributed by atoms with Crippen LogP contribution in [0.2, 0.25) is 0 Å². The summed E-state index contributed by atoms with van der Waals surface area (Å²) < 4.78 is 0. The first-order valence-corrected chi connectivity index (χ1v) is 12.2. The zero-order chi connectivity index (χ0) is 24.1. The minimum Gasteiger partial charge on any atom is -0.347 e. The van der Waals surface area contributed by atoms with Gasteiger partial charge in [-0.25, -0.2) is 0 Å². The van der Waals surface area contributed by atoms with Crippen molar-refractivity contribution in [3.63, 3.8) is 0 Å². The lowest BCUT2D eigenvalue weighted by molar-refractivity contribution is -0.146. The SMILES string of the molecule is CC[C@H](N)C(=O)N[C@H]1CC[C@H]2CC[C@@H](C(=O)N[C@@H](Cc3ccccc3)c3ccccc3)N2C1=O. The molecule has 2 fully saturated rings. The van der Waals surface area contributed by atoms with Crippen LogP contribution in [0.25, 0.3) is 0 Å². The van der Waals surface area contributed by atoms with E-state index in [0.29, 0.717) is 25.7 Å². The predicted octanol–water partition coefficient (Wildman–Crippen LogP) is 2.46. The minimum absolute atomic E-state index is 0.0422. The van der Waals surface area contributed by atoms with Crippen molar-refractivity contribution in [2.75, 3.05) is 0 Å². The van der Waals surface area contributed by atoms with Crippen molar-refractivity contribution in [1.29, 1.82) is 0 Å². The topological polar surface area (TPSA) is 105 Å². The number of carbonyl (C=O) groups is 3. The van der Waals surface area contributed by atoms with Gasteiger partial charge in [-0.1, -0.05) is 67.6 Å². The van der Waals surface area contributed by atoms with Crippen LogP contribution >= 0.6 is 0 Å². The summed E-state index contributed by atoms with van der Waals surface area (Å²) in [5, 5.41) is 6.02. The molecule has 0 radical (unpaired) electrons. The third-order valence-corrected chi connectivity index (χ3v) is 7.04. The molecule has 7 heteroatoms. The molecule has 2 aromatic carbocycles. The van der Waals surface area contributed by atoms with Crippen LogP contribution in [0, 0.1) is 0 Å². The number of amides is 3. The Morgan fingerprint density at radius 2 is 1.65 bits per heavy atom. The van der Waals surface area contributed by atoms with Gasteiger partial charge in [0.15, 0.2) is 0 Å². The number of benzene rings is 2. The van der Waals surface area contributed by atoms with Gasteiger partial charge in [0, 0.05) is 6.04 Å². The number of fused-ring (bicyclic) bond motifs is 1. The Balaban J connectivity index is 1.48. The number of nitrogens with zero attached hydrogens (tertiary/aromatic N) is 1. The Morgan fingerprint density at radius 1 is 1.00 bits per heavy atom. The van der Waals surface area contributed by atoms with Crippen LogP contribution in [-0.4, -0.2) is 46.8 Å². The van der Waals surface area contributed by atoms with Crippen LogP contribution < -0.4 is 16.4 Å². The van der Waals surface area contributed by atoms with Gasteiger partial charge in [-0.15, -0.1) is 0 Å². The molecule has 2 saturated heterocycles. The summed E-state index contributed by atoms with van der Waals surface area (Å²) in [4.78, 5) is 40.8. The summed E-state index contributed by atoms with van der Waals surface area (Å²) in [5.41, 5.74) is 7.99. The van der Waals surface area contributed by atoms with E-state index in [2.05, 4.69) is 22.8 Å². The van der Waals surface area contributed by atoms with Crippen molar-refractivity contribution < 1.29 is 14.4 Å². The molecule has 2 heterocycles. The first-order chi connectivity index (χ1) is 16.5. The van der Waals surface area contributed by atoms with Crippen LogP contribution in [0.1, 0.15) is 56.2 Å². The summed E-state index contributed by atoms with van der Waals surface area (Å²) in [5.74, 6) is -0.630. The summed E-state index contributed by atoms with van der Waals surface area (Å²) >= 11 is 0. The molecule has 0 spiro atoms. The lowest BCUT2D eigenvalue weighted by Gasteiger charge is -2.38. The Labute approximate surface area is 201 Å². The van der Waals surface area contributed by atoms with Gasteiger partial charge in [-0.05, 0) is 49.7 Å². The van der Waals surface area contributed by atoms with Gasteiger partial charge < -0.3 is 21.3 Å². The van der Waals surface area contributed by atoms with E-state index in [1.165, 1.54) is 0 Å². The molecule has 2 aliphatic heterocycles. The Hall–Kier alpha value is -3.19. The third kappa shape index (κ3) is 5.30. The summed E-state index contributed by atoms with van der Waals surface area (Å²) in [6, 6.07) is 18.0. The van der Waals surface area contributed by atoms with Crippen LogP contribution in [0.5, 0.6) is 0 Å². The Morgan fingerprint density at radius 3 is 2.32 bits per heavy atom. The Kier molecular flexibility index (Phi) is 7.63. The number of piperidine rings is 1. The highest BCUT2D eigenvalue weighted by molar-refractivity contribution is 5.94. The van der Waals surface area contributed by atoms with E-state index in [0.717, 1.165) is 24.0 Å². The number of nitrogens with two attached hydrogens (primary N) is 1. The molecule has 2 aromatic rings. The molecular formula is C27H34N4O3. The molecule has 7 nitrogen and oxygen atoms in total. The monoisotopic (exact) mass is 462 g/mol. The fourth-order valence-electron chi connectivity index (χ4n) is 5.07. The van der Waals surface area contributed by atoms with Crippen molar-refractivity contribution >= 4 is 17.7 Å². The summed E-state index contributed by atoms with van der Waals surface area (Å²) in [7, 11) is 0. The summed E-state index contributed by atoms with van der Waals surface area (Å²) in [6.07, 6.45) is 3.95. The van der Waals surface area contributed by atoms with Gasteiger partial charge in [-0.2, -0.15) is 0 Å². The van der Waals surface area contributed by atoms with E-state index < -0.39 is 18.1 Å². The van der Waals surface area contributed by atoms with Gasteiger partial charge >= 0.3 is 0 Å². The summed E-state index contributed by atoms with van der Waals surface area (Å²) in [6.45, 7) is 1.84. The predicted molar refractivity (Wildman–Crippen MR) is 131 cm³/mol. The second-order valence-electron chi connectivity index (χ2n) is 9.31. The average molecular weight is 463 g/mol. The molecule has 2 aliphatic rings. The fourth-order valence-corrected chi connectivity index (χ4v) is 5.07. The second kappa shape index (κ2) is 10.8. The number of hydrogen-bond donors (Lipinski definition) is 3. The van der Waals surface area contributed by atoms with E-state index in [-0.39, 0.29) is 29.8 Å². The maximum atomic E-state index is 13.5.